The predicted octanol–water partition coefficient (Wildman–Crippen LogP) is 2.61. The van der Waals surface area contributed by atoms with E-state index in [2.05, 4.69) is 15.3 Å². The van der Waals surface area contributed by atoms with Gasteiger partial charge in [-0.2, -0.15) is 0 Å². The summed E-state index contributed by atoms with van der Waals surface area (Å²) in [6.45, 7) is 4.16. The number of piperidine rings is 1. The SMILES string of the molecule is NCc1nc(CN2CCC3CCCCC3C2)cs1. The summed E-state index contributed by atoms with van der Waals surface area (Å²) in [6, 6.07) is 0. The maximum Gasteiger partial charge on any atom is 0.106 e. The monoisotopic (exact) mass is 265 g/mol. The molecule has 0 spiro atoms. The second-order valence-electron chi connectivity index (χ2n) is 5.77. The zero-order chi connectivity index (χ0) is 12.4. The fourth-order valence-corrected chi connectivity index (χ4v) is 4.23. The van der Waals surface area contributed by atoms with Crippen molar-refractivity contribution < 1.29 is 0 Å². The molecule has 3 nitrogen and oxygen atoms in total. The lowest BCUT2D eigenvalue weighted by Crippen LogP contribution is -2.41. The van der Waals surface area contributed by atoms with Gasteiger partial charge in [0.2, 0.25) is 0 Å². The highest BCUT2D eigenvalue weighted by molar-refractivity contribution is 7.09. The highest BCUT2D eigenvalue weighted by Crippen LogP contribution is 2.36. The minimum Gasteiger partial charge on any atom is -0.325 e. The fraction of sp³-hybridized carbons (Fsp3) is 0.786. The van der Waals surface area contributed by atoms with Crippen molar-refractivity contribution in [2.75, 3.05) is 13.1 Å². The van der Waals surface area contributed by atoms with E-state index in [1.165, 1.54) is 50.9 Å². The third-order valence-electron chi connectivity index (χ3n) is 4.53. The molecule has 0 radical (unpaired) electrons. The molecule has 0 aromatic carbocycles. The van der Waals surface area contributed by atoms with Crippen molar-refractivity contribution in [3.8, 4) is 0 Å². The first-order valence-electron chi connectivity index (χ1n) is 7.21. The molecule has 4 heteroatoms. The van der Waals surface area contributed by atoms with Gasteiger partial charge in [0.05, 0.1) is 5.69 Å². The van der Waals surface area contributed by atoms with Crippen LogP contribution in [0.25, 0.3) is 0 Å². The van der Waals surface area contributed by atoms with E-state index < -0.39 is 0 Å². The average molecular weight is 265 g/mol. The van der Waals surface area contributed by atoms with Crippen LogP contribution in [-0.4, -0.2) is 23.0 Å². The molecule has 2 heterocycles. The van der Waals surface area contributed by atoms with Crippen LogP contribution in [0.5, 0.6) is 0 Å². The van der Waals surface area contributed by atoms with E-state index in [4.69, 9.17) is 5.73 Å². The van der Waals surface area contributed by atoms with Gasteiger partial charge in [-0.3, -0.25) is 4.90 Å². The van der Waals surface area contributed by atoms with E-state index in [1.54, 1.807) is 11.3 Å². The average Bonchev–Trinajstić information content (AvgIpc) is 2.86. The van der Waals surface area contributed by atoms with Crippen molar-refractivity contribution in [2.45, 2.75) is 45.2 Å². The second kappa shape index (κ2) is 5.68. The molecule has 2 fully saturated rings. The smallest absolute Gasteiger partial charge is 0.106 e. The molecule has 2 unspecified atom stereocenters. The fourth-order valence-electron chi connectivity index (χ4n) is 3.56. The molecule has 1 aliphatic carbocycles. The lowest BCUT2D eigenvalue weighted by Gasteiger charge is -2.41. The molecule has 2 atom stereocenters. The number of fused-ring (bicyclic) bond motifs is 1. The molecule has 100 valence electrons. The number of thiazole rings is 1. The van der Waals surface area contributed by atoms with Gasteiger partial charge in [0, 0.05) is 25.0 Å². The molecule has 18 heavy (non-hydrogen) atoms. The maximum absolute atomic E-state index is 5.62. The summed E-state index contributed by atoms with van der Waals surface area (Å²) < 4.78 is 0. The summed E-state index contributed by atoms with van der Waals surface area (Å²) in [4.78, 5) is 7.18. The van der Waals surface area contributed by atoms with Gasteiger partial charge >= 0.3 is 0 Å². The minimum atomic E-state index is 0.579. The third kappa shape index (κ3) is 2.76. The lowest BCUT2D eigenvalue weighted by atomic mass is 9.75. The number of nitrogens with zero attached hydrogens (tertiary/aromatic N) is 2. The van der Waals surface area contributed by atoms with E-state index in [1.807, 2.05) is 0 Å². The Morgan fingerprint density at radius 1 is 1.28 bits per heavy atom. The van der Waals surface area contributed by atoms with Crippen LogP contribution in [0.1, 0.15) is 42.8 Å². The molecule has 1 aliphatic heterocycles. The van der Waals surface area contributed by atoms with Crippen LogP contribution in [0, 0.1) is 11.8 Å². The first-order chi connectivity index (χ1) is 8.85. The Balaban J connectivity index is 1.57. The normalized spacial score (nSPS) is 29.2. The van der Waals surface area contributed by atoms with Gasteiger partial charge in [-0.25, -0.2) is 4.98 Å². The van der Waals surface area contributed by atoms with Gasteiger partial charge in [-0.15, -0.1) is 11.3 Å². The molecule has 3 rings (SSSR count). The Bertz CT molecular complexity index is 390. The van der Waals surface area contributed by atoms with E-state index in [-0.39, 0.29) is 0 Å². The molecule has 0 amide bonds. The van der Waals surface area contributed by atoms with Crippen LogP contribution in [0.3, 0.4) is 0 Å². The highest BCUT2D eigenvalue weighted by Gasteiger charge is 2.31. The van der Waals surface area contributed by atoms with Gasteiger partial charge in [0.1, 0.15) is 5.01 Å². The van der Waals surface area contributed by atoms with Gasteiger partial charge in [-0.05, 0) is 31.2 Å². The summed E-state index contributed by atoms with van der Waals surface area (Å²) in [7, 11) is 0. The van der Waals surface area contributed by atoms with Crippen LogP contribution < -0.4 is 5.73 Å². The van der Waals surface area contributed by atoms with E-state index in [0.717, 1.165) is 23.4 Å². The standard InChI is InChI=1S/C14H23N3S/c15-7-14-16-13(10-18-14)9-17-6-5-11-3-1-2-4-12(11)8-17/h10-12H,1-9,15H2. The maximum atomic E-state index is 5.62. The quantitative estimate of drug-likeness (QED) is 0.913. The third-order valence-corrected chi connectivity index (χ3v) is 5.45. The first-order valence-corrected chi connectivity index (χ1v) is 8.09. The summed E-state index contributed by atoms with van der Waals surface area (Å²) >= 11 is 1.70. The number of rotatable bonds is 3. The number of nitrogens with two attached hydrogens (primary N) is 1. The van der Waals surface area contributed by atoms with Crippen LogP contribution in [0.15, 0.2) is 5.38 Å². The highest BCUT2D eigenvalue weighted by atomic mass is 32.1. The van der Waals surface area contributed by atoms with Crippen LogP contribution >= 0.6 is 11.3 Å². The summed E-state index contributed by atoms with van der Waals surface area (Å²) in [5.41, 5.74) is 6.84. The molecule has 0 bridgehead atoms. The van der Waals surface area contributed by atoms with Crippen molar-refractivity contribution in [3.63, 3.8) is 0 Å². The van der Waals surface area contributed by atoms with Gasteiger partial charge < -0.3 is 5.73 Å². The van der Waals surface area contributed by atoms with Crippen molar-refractivity contribution in [1.82, 2.24) is 9.88 Å². The van der Waals surface area contributed by atoms with E-state index in [0.29, 0.717) is 6.54 Å². The first kappa shape index (κ1) is 12.6. The van der Waals surface area contributed by atoms with Gasteiger partial charge in [-0.1, -0.05) is 19.3 Å². The Kier molecular flexibility index (Phi) is 3.97. The number of aromatic nitrogens is 1. The molecule has 1 aromatic heterocycles. The molecular formula is C14H23N3S. The number of hydrogen-bond acceptors (Lipinski definition) is 4. The molecule has 2 aliphatic rings. The molecule has 2 N–H and O–H groups in total. The van der Waals surface area contributed by atoms with E-state index >= 15 is 0 Å². The van der Waals surface area contributed by atoms with Crippen molar-refractivity contribution in [2.24, 2.45) is 17.6 Å². The largest absolute Gasteiger partial charge is 0.325 e. The summed E-state index contributed by atoms with van der Waals surface area (Å²) in [6.07, 6.45) is 7.24. The van der Waals surface area contributed by atoms with Crippen LogP contribution in [0.2, 0.25) is 0 Å². The zero-order valence-corrected chi connectivity index (χ0v) is 11.8. The summed E-state index contributed by atoms with van der Waals surface area (Å²) in [5.74, 6) is 1.98. The second-order valence-corrected chi connectivity index (χ2v) is 6.71. The zero-order valence-electron chi connectivity index (χ0n) is 11.0. The minimum absolute atomic E-state index is 0.579. The summed E-state index contributed by atoms with van der Waals surface area (Å²) in [5, 5.41) is 3.24. The van der Waals surface area contributed by atoms with Gasteiger partial charge in [0.25, 0.3) is 0 Å². The topological polar surface area (TPSA) is 42.1 Å². The Labute approximate surface area is 113 Å². The van der Waals surface area contributed by atoms with Crippen LogP contribution in [-0.2, 0) is 13.1 Å². The Hall–Kier alpha value is -0.450. The van der Waals surface area contributed by atoms with Crippen molar-refractivity contribution in [3.05, 3.63) is 16.1 Å². The van der Waals surface area contributed by atoms with Crippen molar-refractivity contribution in [1.29, 1.82) is 0 Å². The van der Waals surface area contributed by atoms with Crippen LogP contribution in [0.4, 0.5) is 0 Å². The lowest BCUT2D eigenvalue weighted by molar-refractivity contribution is 0.0813. The Morgan fingerprint density at radius 3 is 2.89 bits per heavy atom. The molecule has 1 aromatic rings. The number of hydrogen-bond donors (Lipinski definition) is 1. The molecule has 1 saturated carbocycles. The van der Waals surface area contributed by atoms with Crippen molar-refractivity contribution >= 4 is 11.3 Å². The predicted molar refractivity (Wildman–Crippen MR) is 75.3 cm³/mol. The van der Waals surface area contributed by atoms with Gasteiger partial charge in [0.15, 0.2) is 0 Å². The Morgan fingerprint density at radius 2 is 2.11 bits per heavy atom. The number of likely N-dealkylation sites (tertiary alicyclic amines) is 1. The van der Waals surface area contributed by atoms with E-state index in [9.17, 15) is 0 Å². The molecular weight excluding hydrogens is 242 g/mol. The molecule has 1 saturated heterocycles.